The predicted molar refractivity (Wildman–Crippen MR) is 62.3 cm³/mol. The second-order valence-electron chi connectivity index (χ2n) is 4.26. The van der Waals surface area contributed by atoms with Gasteiger partial charge in [0.2, 0.25) is 0 Å². The summed E-state index contributed by atoms with van der Waals surface area (Å²) in [5.74, 6) is 0.316. The third-order valence-electron chi connectivity index (χ3n) is 2.51. The average Bonchev–Trinajstić information content (AvgIpc) is 2.20. The van der Waals surface area contributed by atoms with E-state index in [4.69, 9.17) is 5.11 Å². The molecule has 4 nitrogen and oxygen atoms in total. The molecule has 0 saturated heterocycles. The van der Waals surface area contributed by atoms with Crippen LogP contribution in [0.2, 0.25) is 0 Å². The molecule has 0 fully saturated rings. The van der Waals surface area contributed by atoms with Crippen LogP contribution in [0.3, 0.4) is 0 Å². The number of benzene rings is 1. The van der Waals surface area contributed by atoms with Gasteiger partial charge in [-0.25, -0.2) is 0 Å². The summed E-state index contributed by atoms with van der Waals surface area (Å²) < 4.78 is 0. The van der Waals surface area contributed by atoms with Crippen molar-refractivity contribution < 1.29 is 15.3 Å². The van der Waals surface area contributed by atoms with E-state index in [0.29, 0.717) is 18.7 Å². The Labute approximate surface area is 95.6 Å². The summed E-state index contributed by atoms with van der Waals surface area (Å²) in [4.78, 5) is 0. The lowest BCUT2D eigenvalue weighted by Gasteiger charge is -2.15. The summed E-state index contributed by atoms with van der Waals surface area (Å²) in [5.41, 5.74) is 0.703. The molecule has 1 rings (SSSR count). The first-order valence-corrected chi connectivity index (χ1v) is 5.40. The number of aliphatic hydroxyl groups is 1. The maximum atomic E-state index is 9.55. The molecule has 0 bridgehead atoms. The molecular formula is C12H19NO3. The second kappa shape index (κ2) is 5.72. The van der Waals surface area contributed by atoms with E-state index in [9.17, 15) is 10.2 Å². The van der Waals surface area contributed by atoms with Gasteiger partial charge in [0.25, 0.3) is 0 Å². The molecule has 4 heteroatoms. The van der Waals surface area contributed by atoms with Crippen LogP contribution < -0.4 is 5.32 Å². The molecule has 90 valence electrons. The molecule has 0 aliphatic rings. The van der Waals surface area contributed by atoms with Crippen molar-refractivity contribution in [1.82, 2.24) is 5.32 Å². The summed E-state index contributed by atoms with van der Waals surface area (Å²) in [6.07, 6.45) is -0.390. The first kappa shape index (κ1) is 12.8. The number of phenols is 2. The van der Waals surface area contributed by atoms with Crippen molar-refractivity contribution in [3.63, 3.8) is 0 Å². The Morgan fingerprint density at radius 3 is 2.50 bits per heavy atom. The van der Waals surface area contributed by atoms with Crippen molar-refractivity contribution in [2.45, 2.75) is 26.5 Å². The summed E-state index contributed by atoms with van der Waals surface area (Å²) in [5, 5.41) is 31.2. The molecule has 0 radical (unpaired) electrons. The van der Waals surface area contributed by atoms with Crippen LogP contribution in [0.4, 0.5) is 0 Å². The molecule has 0 saturated carbocycles. The Morgan fingerprint density at radius 1 is 1.25 bits per heavy atom. The Balaban J connectivity index is 2.43. The standard InChI is InChI=1S/C12H19NO3/c1-8(2)12(16)7-13-6-9-3-4-10(14)5-11(9)15/h3-5,8,12-16H,6-7H2,1-2H3. The zero-order valence-corrected chi connectivity index (χ0v) is 9.64. The highest BCUT2D eigenvalue weighted by atomic mass is 16.3. The van der Waals surface area contributed by atoms with E-state index >= 15 is 0 Å². The second-order valence-corrected chi connectivity index (χ2v) is 4.26. The first-order valence-electron chi connectivity index (χ1n) is 5.40. The van der Waals surface area contributed by atoms with Crippen LogP contribution in [0.25, 0.3) is 0 Å². The van der Waals surface area contributed by atoms with Gasteiger partial charge in [-0.1, -0.05) is 19.9 Å². The molecule has 16 heavy (non-hydrogen) atoms. The van der Waals surface area contributed by atoms with Crippen LogP contribution in [0.15, 0.2) is 18.2 Å². The van der Waals surface area contributed by atoms with E-state index in [2.05, 4.69) is 5.32 Å². The molecule has 1 aromatic carbocycles. The van der Waals surface area contributed by atoms with Crippen LogP contribution in [0.5, 0.6) is 11.5 Å². The molecule has 1 atom stereocenters. The van der Waals surface area contributed by atoms with E-state index in [-0.39, 0.29) is 23.5 Å². The summed E-state index contributed by atoms with van der Waals surface area (Å²) in [6.45, 7) is 4.85. The summed E-state index contributed by atoms with van der Waals surface area (Å²) in [7, 11) is 0. The maximum Gasteiger partial charge on any atom is 0.123 e. The van der Waals surface area contributed by atoms with Crippen LogP contribution in [0.1, 0.15) is 19.4 Å². The highest BCUT2D eigenvalue weighted by Crippen LogP contribution is 2.22. The SMILES string of the molecule is CC(C)C(O)CNCc1ccc(O)cc1O. The van der Waals surface area contributed by atoms with Crippen LogP contribution in [-0.2, 0) is 6.54 Å². The molecule has 4 N–H and O–H groups in total. The average molecular weight is 225 g/mol. The summed E-state index contributed by atoms with van der Waals surface area (Å²) in [6, 6.07) is 4.48. The number of nitrogens with one attached hydrogen (secondary N) is 1. The lowest BCUT2D eigenvalue weighted by Crippen LogP contribution is -2.30. The van der Waals surface area contributed by atoms with Crippen molar-refractivity contribution in [3.05, 3.63) is 23.8 Å². The Kier molecular flexibility index (Phi) is 4.58. The maximum absolute atomic E-state index is 9.55. The topological polar surface area (TPSA) is 72.7 Å². The zero-order valence-electron chi connectivity index (χ0n) is 9.64. The van der Waals surface area contributed by atoms with E-state index in [1.807, 2.05) is 13.8 Å². The van der Waals surface area contributed by atoms with E-state index in [1.54, 1.807) is 6.07 Å². The van der Waals surface area contributed by atoms with Gasteiger partial charge in [-0.3, -0.25) is 0 Å². The number of hydrogen-bond donors (Lipinski definition) is 4. The Bertz CT molecular complexity index is 339. The first-order chi connectivity index (χ1) is 7.50. The van der Waals surface area contributed by atoms with Crippen molar-refractivity contribution in [2.24, 2.45) is 5.92 Å². The van der Waals surface area contributed by atoms with Crippen molar-refractivity contribution in [3.8, 4) is 11.5 Å². The number of rotatable bonds is 5. The predicted octanol–water partition coefficient (Wildman–Crippen LogP) is 1.20. The van der Waals surface area contributed by atoms with Gasteiger partial charge in [-0.15, -0.1) is 0 Å². The third-order valence-corrected chi connectivity index (χ3v) is 2.51. The number of aromatic hydroxyl groups is 2. The van der Waals surface area contributed by atoms with Gasteiger partial charge in [0.1, 0.15) is 11.5 Å². The fraction of sp³-hybridized carbons (Fsp3) is 0.500. The molecule has 0 aromatic heterocycles. The van der Waals surface area contributed by atoms with Crippen molar-refractivity contribution in [2.75, 3.05) is 6.54 Å². The highest BCUT2D eigenvalue weighted by Gasteiger charge is 2.08. The number of phenolic OH excluding ortho intramolecular Hbond substituents is 2. The van der Waals surface area contributed by atoms with E-state index in [1.165, 1.54) is 12.1 Å². The fourth-order valence-corrected chi connectivity index (χ4v) is 1.29. The van der Waals surface area contributed by atoms with Crippen molar-refractivity contribution >= 4 is 0 Å². The largest absolute Gasteiger partial charge is 0.508 e. The van der Waals surface area contributed by atoms with Gasteiger partial charge in [-0.05, 0) is 12.0 Å². The van der Waals surface area contributed by atoms with Gasteiger partial charge in [0.15, 0.2) is 0 Å². The van der Waals surface area contributed by atoms with E-state index in [0.717, 1.165) is 0 Å². The van der Waals surface area contributed by atoms with Gasteiger partial charge < -0.3 is 20.6 Å². The molecule has 0 aliphatic heterocycles. The lowest BCUT2D eigenvalue weighted by molar-refractivity contribution is 0.123. The van der Waals surface area contributed by atoms with Gasteiger partial charge in [-0.2, -0.15) is 0 Å². The molecule has 0 aliphatic carbocycles. The minimum Gasteiger partial charge on any atom is -0.508 e. The fourth-order valence-electron chi connectivity index (χ4n) is 1.29. The Morgan fingerprint density at radius 2 is 1.94 bits per heavy atom. The van der Waals surface area contributed by atoms with Crippen LogP contribution in [0, 0.1) is 5.92 Å². The molecule has 1 unspecified atom stereocenters. The molecular weight excluding hydrogens is 206 g/mol. The molecule has 0 spiro atoms. The lowest BCUT2D eigenvalue weighted by atomic mass is 10.1. The number of hydrogen-bond acceptors (Lipinski definition) is 4. The van der Waals surface area contributed by atoms with Crippen LogP contribution >= 0.6 is 0 Å². The van der Waals surface area contributed by atoms with Crippen LogP contribution in [-0.4, -0.2) is 28.0 Å². The molecule has 1 aromatic rings. The number of aliphatic hydroxyl groups excluding tert-OH is 1. The highest BCUT2D eigenvalue weighted by molar-refractivity contribution is 5.38. The third kappa shape index (κ3) is 3.72. The Hall–Kier alpha value is -1.26. The molecule has 0 heterocycles. The monoisotopic (exact) mass is 225 g/mol. The van der Waals surface area contributed by atoms with Crippen molar-refractivity contribution in [1.29, 1.82) is 0 Å². The van der Waals surface area contributed by atoms with Gasteiger partial charge in [0.05, 0.1) is 6.10 Å². The quantitative estimate of drug-likeness (QED) is 0.607. The summed E-state index contributed by atoms with van der Waals surface area (Å²) >= 11 is 0. The van der Waals surface area contributed by atoms with Gasteiger partial charge in [0, 0.05) is 24.7 Å². The smallest absolute Gasteiger partial charge is 0.123 e. The normalized spacial score (nSPS) is 13.0. The van der Waals surface area contributed by atoms with Gasteiger partial charge >= 0.3 is 0 Å². The molecule has 0 amide bonds. The minimum absolute atomic E-state index is 0.0449. The zero-order chi connectivity index (χ0) is 12.1. The minimum atomic E-state index is -0.390. The van der Waals surface area contributed by atoms with E-state index < -0.39 is 0 Å².